The van der Waals surface area contributed by atoms with Gasteiger partial charge in [-0.15, -0.1) is 0 Å². The summed E-state index contributed by atoms with van der Waals surface area (Å²) in [7, 11) is 0. The molecule has 1 nitrogen and oxygen atoms in total. The second kappa shape index (κ2) is 6.55. The fraction of sp³-hybridized carbons (Fsp3) is 0.800. The summed E-state index contributed by atoms with van der Waals surface area (Å²) in [5.41, 5.74) is 1.67. The van der Waals surface area contributed by atoms with Crippen molar-refractivity contribution in [1.29, 1.82) is 0 Å². The molecule has 1 rings (SSSR count). The summed E-state index contributed by atoms with van der Waals surface area (Å²) in [5, 5.41) is 3.45. The predicted molar refractivity (Wildman–Crippen MR) is 57.8 cm³/mol. The first-order chi connectivity index (χ1) is 5.93. The number of thioether (sulfide) groups is 1. The van der Waals surface area contributed by atoms with Gasteiger partial charge in [-0.3, -0.25) is 0 Å². The van der Waals surface area contributed by atoms with E-state index in [2.05, 4.69) is 17.6 Å². The molecule has 0 atom stereocenters. The molecule has 1 N–H and O–H groups in total. The number of nitrogens with one attached hydrogen (secondary N) is 1. The van der Waals surface area contributed by atoms with Gasteiger partial charge in [-0.1, -0.05) is 11.6 Å². The number of hydrogen-bond donors (Lipinski definition) is 1. The van der Waals surface area contributed by atoms with Gasteiger partial charge >= 0.3 is 0 Å². The van der Waals surface area contributed by atoms with E-state index in [0.29, 0.717) is 0 Å². The fourth-order valence-electron chi connectivity index (χ4n) is 1.51. The summed E-state index contributed by atoms with van der Waals surface area (Å²) in [6.45, 7) is 2.33. The fourth-order valence-corrected chi connectivity index (χ4v) is 1.86. The van der Waals surface area contributed by atoms with Crippen molar-refractivity contribution in [3.05, 3.63) is 11.6 Å². The number of allylic oxidation sites excluding steroid dienone is 1. The van der Waals surface area contributed by atoms with Crippen molar-refractivity contribution in [2.24, 2.45) is 0 Å². The maximum Gasteiger partial charge on any atom is 0.00553 e. The third kappa shape index (κ3) is 4.17. The van der Waals surface area contributed by atoms with Crippen LogP contribution in [0.3, 0.4) is 0 Å². The Kier molecular flexibility index (Phi) is 5.53. The SMILES string of the molecule is CSCCNCCC1=CCCC1. The maximum atomic E-state index is 3.45. The van der Waals surface area contributed by atoms with E-state index in [1.165, 1.54) is 38.0 Å². The lowest BCUT2D eigenvalue weighted by molar-refractivity contribution is 0.706. The van der Waals surface area contributed by atoms with E-state index in [0.717, 1.165) is 6.54 Å². The minimum atomic E-state index is 1.16. The Morgan fingerprint density at radius 3 is 3.08 bits per heavy atom. The second-order valence-corrected chi connectivity index (χ2v) is 4.23. The third-order valence-corrected chi connectivity index (χ3v) is 2.85. The Balaban J connectivity index is 1.88. The quantitative estimate of drug-likeness (QED) is 0.504. The molecule has 0 aromatic heterocycles. The van der Waals surface area contributed by atoms with Crippen molar-refractivity contribution in [2.45, 2.75) is 25.7 Å². The molecule has 0 radical (unpaired) electrons. The highest BCUT2D eigenvalue weighted by molar-refractivity contribution is 7.98. The zero-order valence-corrected chi connectivity index (χ0v) is 8.75. The van der Waals surface area contributed by atoms with Gasteiger partial charge < -0.3 is 5.32 Å². The Labute approximate surface area is 80.0 Å². The highest BCUT2D eigenvalue weighted by Gasteiger charge is 2.02. The minimum Gasteiger partial charge on any atom is -0.316 e. The van der Waals surface area contributed by atoms with Gasteiger partial charge in [0, 0.05) is 12.3 Å². The first-order valence-corrected chi connectivity index (χ1v) is 6.20. The van der Waals surface area contributed by atoms with Crippen LogP contribution in [0, 0.1) is 0 Å². The van der Waals surface area contributed by atoms with Gasteiger partial charge in [-0.05, 0) is 38.5 Å². The van der Waals surface area contributed by atoms with Crippen LogP contribution in [0.25, 0.3) is 0 Å². The van der Waals surface area contributed by atoms with E-state index in [4.69, 9.17) is 0 Å². The standard InChI is InChI=1S/C10H19NS/c1-12-9-8-11-7-6-10-4-2-3-5-10/h4,11H,2-3,5-9H2,1H3. The van der Waals surface area contributed by atoms with Crippen molar-refractivity contribution in [1.82, 2.24) is 5.32 Å². The molecule has 1 aliphatic carbocycles. The van der Waals surface area contributed by atoms with Crippen molar-refractivity contribution >= 4 is 11.8 Å². The Bertz CT molecular complexity index is 143. The molecule has 0 amide bonds. The van der Waals surface area contributed by atoms with Crippen molar-refractivity contribution in [3.63, 3.8) is 0 Å². The molecule has 0 fully saturated rings. The largest absolute Gasteiger partial charge is 0.316 e. The average Bonchev–Trinajstić information content (AvgIpc) is 2.57. The summed E-state index contributed by atoms with van der Waals surface area (Å²) in [6, 6.07) is 0. The average molecular weight is 185 g/mol. The molecule has 0 spiro atoms. The van der Waals surface area contributed by atoms with E-state index in [9.17, 15) is 0 Å². The Morgan fingerprint density at radius 1 is 1.50 bits per heavy atom. The van der Waals surface area contributed by atoms with Crippen LogP contribution >= 0.6 is 11.8 Å². The summed E-state index contributed by atoms with van der Waals surface area (Å²) in [5.74, 6) is 1.24. The number of rotatable bonds is 6. The van der Waals surface area contributed by atoms with Crippen LogP contribution in [0.2, 0.25) is 0 Å². The topological polar surface area (TPSA) is 12.0 Å². The first-order valence-electron chi connectivity index (χ1n) is 4.81. The van der Waals surface area contributed by atoms with Crippen LogP contribution in [-0.4, -0.2) is 25.1 Å². The van der Waals surface area contributed by atoms with E-state index < -0.39 is 0 Å². The highest BCUT2D eigenvalue weighted by atomic mass is 32.2. The van der Waals surface area contributed by atoms with Crippen LogP contribution < -0.4 is 5.32 Å². The van der Waals surface area contributed by atoms with Crippen LogP contribution in [0.4, 0.5) is 0 Å². The van der Waals surface area contributed by atoms with Crippen molar-refractivity contribution in [2.75, 3.05) is 25.1 Å². The van der Waals surface area contributed by atoms with Gasteiger partial charge in [0.1, 0.15) is 0 Å². The molecule has 0 aliphatic heterocycles. The molecule has 0 unspecified atom stereocenters. The molecule has 0 aromatic rings. The van der Waals surface area contributed by atoms with Crippen LogP contribution in [0.15, 0.2) is 11.6 Å². The van der Waals surface area contributed by atoms with Gasteiger partial charge in [0.05, 0.1) is 0 Å². The normalized spacial score (nSPS) is 16.6. The summed E-state index contributed by atoms with van der Waals surface area (Å²) >= 11 is 1.91. The van der Waals surface area contributed by atoms with Gasteiger partial charge in [-0.2, -0.15) is 11.8 Å². The van der Waals surface area contributed by atoms with Crippen LogP contribution in [0.5, 0.6) is 0 Å². The minimum absolute atomic E-state index is 1.16. The second-order valence-electron chi connectivity index (χ2n) is 3.25. The smallest absolute Gasteiger partial charge is 0.00553 e. The summed E-state index contributed by atoms with van der Waals surface area (Å²) < 4.78 is 0. The molecule has 0 aromatic carbocycles. The molecular weight excluding hydrogens is 166 g/mol. The van der Waals surface area contributed by atoms with Crippen LogP contribution in [-0.2, 0) is 0 Å². The maximum absolute atomic E-state index is 3.45. The third-order valence-electron chi connectivity index (χ3n) is 2.24. The molecule has 0 heterocycles. The molecule has 0 saturated carbocycles. The van der Waals surface area contributed by atoms with Gasteiger partial charge in [-0.25, -0.2) is 0 Å². The van der Waals surface area contributed by atoms with Gasteiger partial charge in [0.25, 0.3) is 0 Å². The lowest BCUT2D eigenvalue weighted by Crippen LogP contribution is -2.18. The zero-order valence-electron chi connectivity index (χ0n) is 7.94. The summed E-state index contributed by atoms with van der Waals surface area (Å²) in [6.07, 6.45) is 9.90. The summed E-state index contributed by atoms with van der Waals surface area (Å²) in [4.78, 5) is 0. The lowest BCUT2D eigenvalue weighted by Gasteiger charge is -2.03. The molecule has 12 heavy (non-hydrogen) atoms. The highest BCUT2D eigenvalue weighted by Crippen LogP contribution is 2.19. The van der Waals surface area contributed by atoms with Gasteiger partial charge in [0.2, 0.25) is 0 Å². The number of hydrogen-bond acceptors (Lipinski definition) is 2. The van der Waals surface area contributed by atoms with Crippen molar-refractivity contribution < 1.29 is 0 Å². The molecule has 70 valence electrons. The van der Waals surface area contributed by atoms with E-state index in [1.54, 1.807) is 5.57 Å². The molecular formula is C10H19NS. The lowest BCUT2D eigenvalue weighted by atomic mass is 10.2. The first kappa shape index (κ1) is 10.1. The monoisotopic (exact) mass is 185 g/mol. The van der Waals surface area contributed by atoms with E-state index in [-0.39, 0.29) is 0 Å². The van der Waals surface area contributed by atoms with Crippen LogP contribution in [0.1, 0.15) is 25.7 Å². The van der Waals surface area contributed by atoms with Gasteiger partial charge in [0.15, 0.2) is 0 Å². The van der Waals surface area contributed by atoms with E-state index >= 15 is 0 Å². The zero-order chi connectivity index (χ0) is 8.65. The molecule has 2 heteroatoms. The molecule has 0 saturated heterocycles. The van der Waals surface area contributed by atoms with E-state index in [1.807, 2.05) is 11.8 Å². The Hall–Kier alpha value is 0.0500. The predicted octanol–water partition coefficient (Wildman–Crippen LogP) is 2.44. The van der Waals surface area contributed by atoms with Crippen molar-refractivity contribution in [3.8, 4) is 0 Å². The Morgan fingerprint density at radius 2 is 2.42 bits per heavy atom. The molecule has 0 bridgehead atoms. The molecule has 1 aliphatic rings.